The van der Waals surface area contributed by atoms with Crippen molar-refractivity contribution in [1.82, 2.24) is 5.32 Å². The molecule has 75 heavy (non-hydrogen) atoms. The first kappa shape index (κ1) is 72.2. The van der Waals surface area contributed by atoms with Gasteiger partial charge in [0.25, 0.3) is 7.82 Å². The topological polar surface area (TPSA) is 108 Å². The zero-order chi connectivity index (χ0) is 54.9. The molecule has 0 heterocycles. The van der Waals surface area contributed by atoms with Gasteiger partial charge in [-0.25, -0.2) is 0 Å². The van der Waals surface area contributed by atoms with Crippen molar-refractivity contribution < 1.29 is 32.9 Å². The summed E-state index contributed by atoms with van der Waals surface area (Å²) in [5, 5.41) is 13.9. The summed E-state index contributed by atoms with van der Waals surface area (Å²) in [7, 11) is 1.22. The van der Waals surface area contributed by atoms with Crippen LogP contribution >= 0.6 is 7.82 Å². The summed E-state index contributed by atoms with van der Waals surface area (Å²) >= 11 is 0. The molecule has 0 aromatic rings. The zero-order valence-corrected chi connectivity index (χ0v) is 50.1. The van der Waals surface area contributed by atoms with E-state index in [-0.39, 0.29) is 12.5 Å². The number of hydrogen-bond acceptors (Lipinski definition) is 6. The molecule has 3 unspecified atom stereocenters. The molecule has 0 aliphatic carbocycles. The maximum absolute atomic E-state index is 13.0. The highest BCUT2D eigenvalue weighted by Gasteiger charge is 2.23. The number of unbranched alkanes of at least 4 members (excludes halogenated alkanes) is 26. The summed E-state index contributed by atoms with van der Waals surface area (Å²) in [5.74, 6) is -0.223. The number of aliphatic hydroxyl groups excluding tert-OH is 1. The van der Waals surface area contributed by atoms with Crippen molar-refractivity contribution in [2.45, 2.75) is 264 Å². The maximum Gasteiger partial charge on any atom is 0.268 e. The number of hydrogen-bond donors (Lipinski definition) is 2. The molecular formula is C66H117N2O6P. The van der Waals surface area contributed by atoms with E-state index in [4.69, 9.17) is 9.05 Å². The summed E-state index contributed by atoms with van der Waals surface area (Å²) in [6.45, 7) is 4.51. The highest BCUT2D eigenvalue weighted by molar-refractivity contribution is 7.45. The Morgan fingerprint density at radius 2 is 0.827 bits per heavy atom. The van der Waals surface area contributed by atoms with Crippen LogP contribution in [0, 0.1) is 0 Å². The van der Waals surface area contributed by atoms with E-state index in [1.165, 1.54) is 135 Å². The van der Waals surface area contributed by atoms with Crippen molar-refractivity contribution in [3.63, 3.8) is 0 Å². The largest absolute Gasteiger partial charge is 0.756 e. The van der Waals surface area contributed by atoms with Crippen molar-refractivity contribution in [1.29, 1.82) is 0 Å². The molecule has 0 aliphatic heterocycles. The van der Waals surface area contributed by atoms with E-state index in [1.807, 2.05) is 27.2 Å². The summed E-state index contributed by atoms with van der Waals surface area (Å²) in [6, 6.07) is -0.924. The molecule has 432 valence electrons. The number of quaternary nitrogens is 1. The van der Waals surface area contributed by atoms with Gasteiger partial charge in [-0.05, 0) is 96.3 Å². The van der Waals surface area contributed by atoms with Crippen LogP contribution in [0.3, 0.4) is 0 Å². The molecular weight excluding hydrogens is 948 g/mol. The Labute approximate surface area is 463 Å². The van der Waals surface area contributed by atoms with Gasteiger partial charge in [0.15, 0.2) is 0 Å². The molecule has 0 aromatic heterocycles. The van der Waals surface area contributed by atoms with Gasteiger partial charge in [-0.3, -0.25) is 9.36 Å². The van der Waals surface area contributed by atoms with Crippen molar-refractivity contribution in [2.75, 3.05) is 40.9 Å². The number of carbonyl (C=O) groups excluding carboxylic acids is 1. The van der Waals surface area contributed by atoms with E-state index in [1.54, 1.807) is 6.08 Å². The Balaban J connectivity index is 4.30. The van der Waals surface area contributed by atoms with E-state index in [0.29, 0.717) is 17.4 Å². The lowest BCUT2D eigenvalue weighted by Crippen LogP contribution is -2.45. The predicted octanol–water partition coefficient (Wildman–Crippen LogP) is 18.5. The Bertz CT molecular complexity index is 1590. The average molecular weight is 1070 g/mol. The van der Waals surface area contributed by atoms with Gasteiger partial charge in [-0.15, -0.1) is 0 Å². The van der Waals surface area contributed by atoms with Gasteiger partial charge in [0, 0.05) is 6.42 Å². The van der Waals surface area contributed by atoms with E-state index >= 15 is 0 Å². The van der Waals surface area contributed by atoms with Crippen molar-refractivity contribution in [3.05, 3.63) is 109 Å². The summed E-state index contributed by atoms with van der Waals surface area (Å²) in [5.41, 5.74) is 0. The number of rotatable bonds is 55. The fourth-order valence-corrected chi connectivity index (χ4v) is 9.15. The lowest BCUT2D eigenvalue weighted by molar-refractivity contribution is -0.870. The summed E-state index contributed by atoms with van der Waals surface area (Å²) in [4.78, 5) is 25.5. The first-order chi connectivity index (χ1) is 36.5. The SMILES string of the molecule is CC/C=C\C/C=C\C/C=C\C/C=C\C/C=C\C/C=C\CCCCCCCCCCC(=O)NC(COP(=O)([O-])OCC[N+](C)(C)C)C(O)/C=C/CC/C=C/CC/C=C/CCCCCCCCCCCCCCCCCC. The highest BCUT2D eigenvalue weighted by Crippen LogP contribution is 2.38. The molecule has 0 aliphatic rings. The van der Waals surface area contributed by atoms with Crippen LogP contribution in [0.25, 0.3) is 0 Å². The first-order valence-corrected chi connectivity index (χ1v) is 32.2. The Kier molecular flexibility index (Phi) is 53.8. The molecule has 0 rings (SSSR count). The molecule has 0 spiro atoms. The minimum Gasteiger partial charge on any atom is -0.756 e. The quantitative estimate of drug-likeness (QED) is 0.0272. The van der Waals surface area contributed by atoms with Gasteiger partial charge >= 0.3 is 0 Å². The Morgan fingerprint density at radius 3 is 1.24 bits per heavy atom. The van der Waals surface area contributed by atoms with Crippen LogP contribution in [0.5, 0.6) is 0 Å². The number of carbonyl (C=O) groups is 1. The Morgan fingerprint density at radius 1 is 0.480 bits per heavy atom. The fourth-order valence-electron chi connectivity index (χ4n) is 8.42. The number of likely N-dealkylation sites (N-methyl/N-ethyl adjacent to an activating group) is 1. The van der Waals surface area contributed by atoms with Crippen LogP contribution in [-0.4, -0.2) is 68.5 Å². The number of aliphatic hydroxyl groups is 1. The number of amides is 1. The third-order valence-electron chi connectivity index (χ3n) is 13.2. The lowest BCUT2D eigenvalue weighted by Gasteiger charge is -2.29. The standard InChI is InChI=1S/C66H117N2O6P/c1-6-8-10-12-14-16-18-20-22-24-26-28-30-32-34-36-38-40-42-44-46-48-50-52-54-56-58-60-66(70)67-64(63-74-75(71,72)73-62-61-68(3,4)5)65(69)59-57-55-53-51-49-47-45-43-41-39-37-35-33-31-29-27-25-23-21-19-17-15-13-11-9-7-2/h8,10,14,16,20,22,26,28,32,34,38,40-41,43,49,51,57,59,64-65,69H,6-7,9,11-13,15,17-19,21,23-25,27,29-31,33,35-37,39,42,44-48,50,52-56,58,60-63H2,1-5H3,(H-,67,70,71,72)/b10-8-,16-14-,22-20-,28-26-,34-32-,40-38-,43-41+,51-49+,59-57+. The summed E-state index contributed by atoms with van der Waals surface area (Å²) in [6.07, 6.45) is 81.8. The molecule has 0 saturated heterocycles. The molecule has 0 bridgehead atoms. The zero-order valence-electron chi connectivity index (χ0n) is 49.2. The van der Waals surface area contributed by atoms with Gasteiger partial charge in [-0.1, -0.05) is 258 Å². The number of allylic oxidation sites excluding steroid dienone is 17. The Hall–Kier alpha value is -2.84. The van der Waals surface area contributed by atoms with Gasteiger partial charge in [0.05, 0.1) is 39.9 Å². The molecule has 3 atom stereocenters. The van der Waals surface area contributed by atoms with Crippen LogP contribution in [0.1, 0.15) is 251 Å². The van der Waals surface area contributed by atoms with Crippen molar-refractivity contribution in [3.8, 4) is 0 Å². The van der Waals surface area contributed by atoms with E-state index in [0.717, 1.165) is 96.3 Å². The predicted molar refractivity (Wildman–Crippen MR) is 325 cm³/mol. The van der Waals surface area contributed by atoms with Gasteiger partial charge in [0.1, 0.15) is 13.2 Å². The second kappa shape index (κ2) is 55.9. The van der Waals surface area contributed by atoms with E-state index in [2.05, 4.69) is 116 Å². The van der Waals surface area contributed by atoms with Gasteiger partial charge < -0.3 is 28.8 Å². The average Bonchev–Trinajstić information content (AvgIpc) is 3.37. The summed E-state index contributed by atoms with van der Waals surface area (Å²) < 4.78 is 23.4. The molecule has 9 heteroatoms. The van der Waals surface area contributed by atoms with Gasteiger partial charge in [0.2, 0.25) is 5.91 Å². The van der Waals surface area contributed by atoms with Gasteiger partial charge in [-0.2, -0.15) is 0 Å². The number of phosphoric ester groups is 1. The first-order valence-electron chi connectivity index (χ1n) is 30.7. The molecule has 2 N–H and O–H groups in total. The second-order valence-corrected chi connectivity index (χ2v) is 23.1. The highest BCUT2D eigenvalue weighted by atomic mass is 31.2. The van der Waals surface area contributed by atoms with Crippen molar-refractivity contribution in [2.24, 2.45) is 0 Å². The van der Waals surface area contributed by atoms with Crippen molar-refractivity contribution >= 4 is 13.7 Å². The molecule has 0 radical (unpaired) electrons. The second-order valence-electron chi connectivity index (χ2n) is 21.7. The molecule has 8 nitrogen and oxygen atoms in total. The minimum absolute atomic E-state index is 0.0164. The minimum atomic E-state index is -4.62. The normalized spacial score (nSPS) is 14.6. The maximum atomic E-state index is 13.0. The number of nitrogens with one attached hydrogen (secondary N) is 1. The molecule has 0 aromatic carbocycles. The smallest absolute Gasteiger partial charge is 0.268 e. The molecule has 1 amide bonds. The fraction of sp³-hybridized carbons (Fsp3) is 0.712. The number of phosphoric acid groups is 1. The number of nitrogens with zero attached hydrogens (tertiary/aromatic N) is 1. The van der Waals surface area contributed by atoms with E-state index < -0.39 is 26.6 Å². The van der Waals surface area contributed by atoms with Crippen LogP contribution in [0.2, 0.25) is 0 Å². The lowest BCUT2D eigenvalue weighted by atomic mass is 10.0. The third-order valence-corrected chi connectivity index (χ3v) is 14.2. The molecule has 0 saturated carbocycles. The van der Waals surface area contributed by atoms with E-state index in [9.17, 15) is 19.4 Å². The molecule has 0 fully saturated rings. The van der Waals surface area contributed by atoms with Crippen LogP contribution in [0.15, 0.2) is 109 Å². The van der Waals surface area contributed by atoms with Crippen LogP contribution in [0.4, 0.5) is 0 Å². The van der Waals surface area contributed by atoms with Crippen LogP contribution in [-0.2, 0) is 18.4 Å². The van der Waals surface area contributed by atoms with Crippen LogP contribution < -0.4 is 10.2 Å². The monoisotopic (exact) mass is 1060 g/mol. The third kappa shape index (κ3) is 58.7.